The maximum Gasteiger partial charge on any atom is 0.225 e. The molecule has 0 aromatic carbocycles. The van der Waals surface area contributed by atoms with Crippen LogP contribution in [-0.4, -0.2) is 57.0 Å². The van der Waals surface area contributed by atoms with Gasteiger partial charge in [-0.2, -0.15) is 5.10 Å². The molecule has 2 saturated heterocycles. The SMILES string of the molecule is C=Cn1cc(CN2[C@H]3CC[C@H]2c2cnc(N4CCOCC4)nc2C3)c(C)n1. The predicted molar refractivity (Wildman–Crippen MR) is 103 cm³/mol. The van der Waals surface area contributed by atoms with Crippen LogP contribution in [0.15, 0.2) is 19.0 Å². The molecule has 0 amide bonds. The van der Waals surface area contributed by atoms with Crippen molar-refractivity contribution in [2.24, 2.45) is 0 Å². The summed E-state index contributed by atoms with van der Waals surface area (Å²) in [6, 6.07) is 0.977. The Labute approximate surface area is 159 Å². The van der Waals surface area contributed by atoms with E-state index in [2.05, 4.69) is 40.8 Å². The number of aromatic nitrogens is 4. The van der Waals surface area contributed by atoms with E-state index in [0.717, 1.165) is 50.9 Å². The van der Waals surface area contributed by atoms with Crippen molar-refractivity contribution in [2.45, 2.75) is 44.8 Å². The molecule has 0 aliphatic carbocycles. The van der Waals surface area contributed by atoms with E-state index < -0.39 is 0 Å². The van der Waals surface area contributed by atoms with Gasteiger partial charge in [0.2, 0.25) is 5.95 Å². The van der Waals surface area contributed by atoms with E-state index in [1.54, 1.807) is 6.20 Å². The first-order valence-corrected chi connectivity index (χ1v) is 9.84. The lowest BCUT2D eigenvalue weighted by atomic mass is 9.98. The van der Waals surface area contributed by atoms with Gasteiger partial charge in [-0.1, -0.05) is 6.58 Å². The van der Waals surface area contributed by atoms with Crippen LogP contribution >= 0.6 is 0 Å². The molecule has 27 heavy (non-hydrogen) atoms. The lowest BCUT2D eigenvalue weighted by molar-refractivity contribution is 0.122. The van der Waals surface area contributed by atoms with Crippen LogP contribution in [0.25, 0.3) is 6.20 Å². The quantitative estimate of drug-likeness (QED) is 0.827. The summed E-state index contributed by atoms with van der Waals surface area (Å²) in [6.07, 6.45) is 9.34. The minimum atomic E-state index is 0.420. The highest BCUT2D eigenvalue weighted by Gasteiger charge is 2.41. The first-order chi connectivity index (χ1) is 13.2. The molecular weight excluding hydrogens is 340 g/mol. The first kappa shape index (κ1) is 16.9. The van der Waals surface area contributed by atoms with E-state index in [0.29, 0.717) is 12.1 Å². The number of fused-ring (bicyclic) bond motifs is 4. The van der Waals surface area contributed by atoms with Crippen LogP contribution in [0.2, 0.25) is 0 Å². The average Bonchev–Trinajstić information content (AvgIpc) is 3.20. The zero-order chi connectivity index (χ0) is 18.4. The van der Waals surface area contributed by atoms with E-state index >= 15 is 0 Å². The molecule has 7 nitrogen and oxygen atoms in total. The van der Waals surface area contributed by atoms with Gasteiger partial charge in [0.05, 0.1) is 24.6 Å². The fraction of sp³-hybridized carbons (Fsp3) is 0.550. The Hall–Kier alpha value is -2.25. The second-order valence-corrected chi connectivity index (χ2v) is 7.70. The van der Waals surface area contributed by atoms with E-state index in [4.69, 9.17) is 14.7 Å². The number of hydrogen-bond acceptors (Lipinski definition) is 6. The molecule has 0 radical (unpaired) electrons. The predicted octanol–water partition coefficient (Wildman–Crippen LogP) is 2.18. The van der Waals surface area contributed by atoms with Crippen molar-refractivity contribution in [1.29, 1.82) is 0 Å². The molecular formula is C20H26N6O. The molecule has 0 unspecified atom stereocenters. The van der Waals surface area contributed by atoms with Crippen LogP contribution in [0.1, 0.15) is 41.4 Å². The molecule has 0 saturated carbocycles. The van der Waals surface area contributed by atoms with Crippen LogP contribution in [0.5, 0.6) is 0 Å². The number of nitrogens with zero attached hydrogens (tertiary/aromatic N) is 6. The van der Waals surface area contributed by atoms with Gasteiger partial charge in [-0.15, -0.1) is 0 Å². The van der Waals surface area contributed by atoms with Gasteiger partial charge in [-0.25, -0.2) is 14.6 Å². The second-order valence-electron chi connectivity index (χ2n) is 7.70. The Balaban J connectivity index is 1.40. The molecule has 142 valence electrons. The number of morpholine rings is 1. The molecule has 2 aromatic heterocycles. The van der Waals surface area contributed by atoms with E-state index in [1.807, 2.05) is 4.68 Å². The fourth-order valence-corrected chi connectivity index (χ4v) is 4.69. The van der Waals surface area contributed by atoms with E-state index in [1.165, 1.54) is 29.7 Å². The Morgan fingerprint density at radius 1 is 1.30 bits per heavy atom. The number of hydrogen-bond donors (Lipinski definition) is 0. The molecule has 5 heterocycles. The Kier molecular flexibility index (Phi) is 4.21. The molecule has 3 aliphatic rings. The first-order valence-electron chi connectivity index (χ1n) is 9.84. The summed E-state index contributed by atoms with van der Waals surface area (Å²) in [6.45, 7) is 10.1. The van der Waals surface area contributed by atoms with Crippen LogP contribution in [0, 0.1) is 6.92 Å². The summed E-state index contributed by atoms with van der Waals surface area (Å²) < 4.78 is 7.26. The van der Waals surface area contributed by atoms with Crippen LogP contribution in [0.3, 0.4) is 0 Å². The van der Waals surface area contributed by atoms with Crippen molar-refractivity contribution in [1.82, 2.24) is 24.6 Å². The van der Waals surface area contributed by atoms with Gasteiger partial charge in [0, 0.05) is 67.9 Å². The second kappa shape index (κ2) is 6.73. The van der Waals surface area contributed by atoms with Crippen molar-refractivity contribution in [3.63, 3.8) is 0 Å². The standard InChI is InChI=1S/C20H26N6O/c1-3-25-12-15(14(2)23-25)13-26-16-4-5-19(26)17-11-21-20(22-18(17)10-16)24-6-8-27-9-7-24/h3,11-12,16,19H,1,4-10,13H2,2H3/t16-,19-/m0/s1. The van der Waals surface area contributed by atoms with Crippen molar-refractivity contribution in [3.05, 3.63) is 41.5 Å². The maximum atomic E-state index is 5.45. The zero-order valence-electron chi connectivity index (χ0n) is 15.8. The van der Waals surface area contributed by atoms with E-state index in [-0.39, 0.29) is 0 Å². The fourth-order valence-electron chi connectivity index (χ4n) is 4.69. The zero-order valence-corrected chi connectivity index (χ0v) is 15.8. The third kappa shape index (κ3) is 2.95. The summed E-state index contributed by atoms with van der Waals surface area (Å²) in [5.41, 5.74) is 4.92. The Morgan fingerprint density at radius 2 is 2.15 bits per heavy atom. The van der Waals surface area contributed by atoms with Gasteiger partial charge >= 0.3 is 0 Å². The summed E-state index contributed by atoms with van der Waals surface area (Å²) in [7, 11) is 0. The molecule has 2 bridgehead atoms. The lowest BCUT2D eigenvalue weighted by Gasteiger charge is -2.36. The third-order valence-electron chi connectivity index (χ3n) is 6.17. The lowest BCUT2D eigenvalue weighted by Crippen LogP contribution is -2.40. The summed E-state index contributed by atoms with van der Waals surface area (Å²) >= 11 is 0. The van der Waals surface area contributed by atoms with E-state index in [9.17, 15) is 0 Å². The Morgan fingerprint density at radius 3 is 2.93 bits per heavy atom. The van der Waals surface area contributed by atoms with Crippen molar-refractivity contribution in [3.8, 4) is 0 Å². The number of rotatable bonds is 4. The summed E-state index contributed by atoms with van der Waals surface area (Å²) in [4.78, 5) is 14.5. The van der Waals surface area contributed by atoms with Crippen molar-refractivity contribution < 1.29 is 4.74 Å². The smallest absolute Gasteiger partial charge is 0.225 e. The number of anilines is 1. The maximum absolute atomic E-state index is 5.45. The molecule has 5 rings (SSSR count). The molecule has 0 spiro atoms. The molecule has 2 atom stereocenters. The number of ether oxygens (including phenoxy) is 1. The summed E-state index contributed by atoms with van der Waals surface area (Å²) in [5, 5.41) is 4.50. The summed E-state index contributed by atoms with van der Waals surface area (Å²) in [5.74, 6) is 0.869. The highest BCUT2D eigenvalue weighted by molar-refractivity contribution is 5.38. The molecule has 2 aromatic rings. The average molecular weight is 366 g/mol. The molecule has 2 fully saturated rings. The van der Waals surface area contributed by atoms with Crippen molar-refractivity contribution >= 4 is 12.1 Å². The topological polar surface area (TPSA) is 59.3 Å². The molecule has 7 heteroatoms. The highest BCUT2D eigenvalue weighted by atomic mass is 16.5. The Bertz CT molecular complexity index is 856. The van der Waals surface area contributed by atoms with Crippen LogP contribution < -0.4 is 4.90 Å². The van der Waals surface area contributed by atoms with Gasteiger partial charge in [0.1, 0.15) is 0 Å². The van der Waals surface area contributed by atoms with Gasteiger partial charge in [-0.3, -0.25) is 4.90 Å². The van der Waals surface area contributed by atoms with Gasteiger partial charge in [0.15, 0.2) is 0 Å². The van der Waals surface area contributed by atoms with Crippen molar-refractivity contribution in [2.75, 3.05) is 31.2 Å². The largest absolute Gasteiger partial charge is 0.378 e. The minimum Gasteiger partial charge on any atom is -0.378 e. The van der Waals surface area contributed by atoms with Gasteiger partial charge in [-0.05, 0) is 19.8 Å². The molecule has 0 N–H and O–H groups in total. The van der Waals surface area contributed by atoms with Crippen LogP contribution in [0.4, 0.5) is 5.95 Å². The normalized spacial score (nSPS) is 24.9. The highest BCUT2D eigenvalue weighted by Crippen LogP contribution is 2.44. The van der Waals surface area contributed by atoms with Crippen LogP contribution in [-0.2, 0) is 17.7 Å². The van der Waals surface area contributed by atoms with Gasteiger partial charge < -0.3 is 9.64 Å². The third-order valence-corrected chi connectivity index (χ3v) is 6.17. The molecule has 3 aliphatic heterocycles. The van der Waals surface area contributed by atoms with Gasteiger partial charge in [0.25, 0.3) is 0 Å². The monoisotopic (exact) mass is 366 g/mol. The minimum absolute atomic E-state index is 0.420. The number of aryl methyl sites for hydroxylation is 1.